The molecule has 2 rings (SSSR count). The highest BCUT2D eigenvalue weighted by Crippen LogP contribution is 2.33. The smallest absolute Gasteiger partial charge is 0.291 e. The largest absolute Gasteiger partial charge is 0.313 e. The van der Waals surface area contributed by atoms with Gasteiger partial charge in [-0.15, -0.1) is 3.89 Å². The van der Waals surface area contributed by atoms with Crippen LogP contribution in [0.2, 0.25) is 0 Å². The highest BCUT2D eigenvalue weighted by atomic mass is 79.9. The Bertz CT molecular complexity index is 711. The second-order valence-corrected chi connectivity index (χ2v) is 6.86. The maximum absolute atomic E-state index is 12.7. The third-order valence-electron chi connectivity index (χ3n) is 2.91. The number of halogens is 2. The Balaban J connectivity index is 2.31. The number of anilines is 1. The molecule has 0 radical (unpaired) electrons. The summed E-state index contributed by atoms with van der Waals surface area (Å²) in [7, 11) is -4.71. The van der Waals surface area contributed by atoms with Crippen LogP contribution < -0.4 is 4.90 Å². The van der Waals surface area contributed by atoms with Gasteiger partial charge in [0.2, 0.25) is 11.7 Å². The Labute approximate surface area is 127 Å². The van der Waals surface area contributed by atoms with Crippen LogP contribution in [0.3, 0.4) is 0 Å². The predicted molar refractivity (Wildman–Crippen MR) is 73.9 cm³/mol. The monoisotopic (exact) mass is 381 g/mol. The molecule has 0 aliphatic carbocycles. The maximum Gasteiger partial charge on any atom is 0.313 e. The van der Waals surface area contributed by atoms with Gasteiger partial charge in [-0.2, -0.15) is 8.42 Å². The van der Waals surface area contributed by atoms with Gasteiger partial charge >= 0.3 is 15.9 Å². The number of aromatic nitrogens is 1. The molecule has 0 bridgehead atoms. The highest BCUT2D eigenvalue weighted by Gasteiger charge is 2.37. The first-order chi connectivity index (χ1) is 9.67. The zero-order chi connectivity index (χ0) is 15.8. The number of nitrogens with zero attached hydrogens (tertiary/aromatic N) is 3. The van der Waals surface area contributed by atoms with Gasteiger partial charge in [0.05, 0.1) is 10.7 Å². The number of carbonyl (C=O) groups is 1. The van der Waals surface area contributed by atoms with Gasteiger partial charge in [-0.1, -0.05) is 0 Å². The molecule has 0 spiro atoms. The van der Waals surface area contributed by atoms with Crippen LogP contribution in [0.25, 0.3) is 0 Å². The molecule has 114 valence electrons. The molecule has 1 aliphatic heterocycles. The lowest BCUT2D eigenvalue weighted by Gasteiger charge is -2.15. The summed E-state index contributed by atoms with van der Waals surface area (Å²) in [5.41, 5.74) is -0.388. The number of amides is 1. The van der Waals surface area contributed by atoms with Crippen LogP contribution in [0.5, 0.6) is 0 Å². The summed E-state index contributed by atoms with van der Waals surface area (Å²) in [6.07, 6.45) is 1.09. The number of hydrogen-bond donors (Lipinski definition) is 0. The first-order valence-corrected chi connectivity index (χ1v) is 8.04. The molecule has 21 heavy (non-hydrogen) atoms. The fraction of sp³-hybridized carbons (Fsp3) is 0.400. The fourth-order valence-corrected chi connectivity index (χ4v) is 3.25. The summed E-state index contributed by atoms with van der Waals surface area (Å²) in [5.74, 6) is -2.24. The second-order valence-electron chi connectivity index (χ2n) is 4.53. The van der Waals surface area contributed by atoms with E-state index in [0.29, 0.717) is 4.47 Å². The van der Waals surface area contributed by atoms with E-state index in [2.05, 4.69) is 20.9 Å². The molecule has 0 aromatic carbocycles. The minimum absolute atomic E-state index is 0.128. The Hall–Kier alpha value is -1.62. The SMILES string of the molecule is O=C1CC(CS(=O)(=O)F)CN1c1ncc(Br)cc1[N+](=O)[O-]. The Morgan fingerprint density at radius 3 is 2.81 bits per heavy atom. The van der Waals surface area contributed by atoms with Crippen LogP contribution in [-0.2, 0) is 15.0 Å². The van der Waals surface area contributed by atoms with Crippen molar-refractivity contribution in [2.24, 2.45) is 5.92 Å². The lowest BCUT2D eigenvalue weighted by atomic mass is 10.1. The van der Waals surface area contributed by atoms with Crippen molar-refractivity contribution in [3.05, 3.63) is 26.9 Å². The summed E-state index contributed by atoms with van der Waals surface area (Å²) >= 11 is 3.04. The average Bonchev–Trinajstić information content (AvgIpc) is 2.67. The third kappa shape index (κ3) is 3.73. The Kier molecular flexibility index (Phi) is 4.23. The Morgan fingerprint density at radius 2 is 2.24 bits per heavy atom. The van der Waals surface area contributed by atoms with E-state index in [1.165, 1.54) is 12.3 Å². The van der Waals surface area contributed by atoms with E-state index in [1.807, 2.05) is 0 Å². The van der Waals surface area contributed by atoms with Crippen LogP contribution in [0.4, 0.5) is 15.4 Å². The standard InChI is InChI=1S/C10H9BrFN3O5S/c11-7-2-8(15(17)18)10(13-3-7)14-4-6(1-9(14)16)5-21(12,19)20/h2-3,6H,1,4-5H2. The normalized spacial score (nSPS) is 19.0. The number of pyridine rings is 1. The van der Waals surface area contributed by atoms with Crippen LogP contribution in [0, 0.1) is 16.0 Å². The van der Waals surface area contributed by atoms with Gasteiger partial charge in [0.25, 0.3) is 0 Å². The van der Waals surface area contributed by atoms with Crippen LogP contribution in [0.1, 0.15) is 6.42 Å². The number of hydrogen-bond acceptors (Lipinski definition) is 6. The van der Waals surface area contributed by atoms with Gasteiger partial charge in [-0.05, 0) is 15.9 Å². The van der Waals surface area contributed by atoms with Crippen molar-refractivity contribution in [2.75, 3.05) is 17.2 Å². The molecule has 0 saturated carbocycles. The zero-order valence-corrected chi connectivity index (χ0v) is 12.8. The molecular weight excluding hydrogens is 373 g/mol. The lowest BCUT2D eigenvalue weighted by Crippen LogP contribution is -2.27. The minimum atomic E-state index is -4.71. The molecule has 1 unspecified atom stereocenters. The lowest BCUT2D eigenvalue weighted by molar-refractivity contribution is -0.384. The van der Waals surface area contributed by atoms with Crippen molar-refractivity contribution in [2.45, 2.75) is 6.42 Å². The summed E-state index contributed by atoms with van der Waals surface area (Å²) in [6, 6.07) is 1.19. The van der Waals surface area contributed by atoms with Crippen molar-refractivity contribution < 1.29 is 22.0 Å². The summed E-state index contributed by atoms with van der Waals surface area (Å²) in [6.45, 7) is -0.128. The molecule has 1 saturated heterocycles. The molecule has 1 amide bonds. The zero-order valence-electron chi connectivity index (χ0n) is 10.4. The van der Waals surface area contributed by atoms with E-state index < -0.39 is 32.7 Å². The molecular formula is C10H9BrFN3O5S. The number of rotatable bonds is 4. The van der Waals surface area contributed by atoms with Crippen LogP contribution in [0.15, 0.2) is 16.7 Å². The third-order valence-corrected chi connectivity index (χ3v) is 4.21. The molecule has 1 fully saturated rings. The number of carbonyl (C=O) groups excluding carboxylic acids is 1. The number of nitro groups is 1. The Morgan fingerprint density at radius 1 is 1.57 bits per heavy atom. The molecule has 2 heterocycles. The van der Waals surface area contributed by atoms with Gasteiger partial charge in [0.1, 0.15) is 0 Å². The van der Waals surface area contributed by atoms with E-state index in [9.17, 15) is 27.2 Å². The van der Waals surface area contributed by atoms with Crippen molar-refractivity contribution in [3.8, 4) is 0 Å². The van der Waals surface area contributed by atoms with E-state index in [0.717, 1.165) is 4.90 Å². The topological polar surface area (TPSA) is 110 Å². The molecule has 1 aliphatic rings. The molecule has 0 N–H and O–H groups in total. The average molecular weight is 382 g/mol. The van der Waals surface area contributed by atoms with E-state index in [1.54, 1.807) is 0 Å². The molecule has 1 atom stereocenters. The van der Waals surface area contributed by atoms with E-state index in [-0.39, 0.29) is 24.5 Å². The van der Waals surface area contributed by atoms with E-state index >= 15 is 0 Å². The van der Waals surface area contributed by atoms with Gasteiger partial charge in [0.15, 0.2) is 0 Å². The summed E-state index contributed by atoms with van der Waals surface area (Å²) in [5, 5.41) is 11.0. The van der Waals surface area contributed by atoms with Crippen molar-refractivity contribution >= 4 is 43.6 Å². The second kappa shape index (κ2) is 5.64. The predicted octanol–water partition coefficient (Wildman–Crippen LogP) is 1.40. The summed E-state index contributed by atoms with van der Waals surface area (Å²) in [4.78, 5) is 27.0. The molecule has 1 aromatic rings. The van der Waals surface area contributed by atoms with Gasteiger partial charge in [-0.25, -0.2) is 4.98 Å². The highest BCUT2D eigenvalue weighted by molar-refractivity contribution is 9.10. The minimum Gasteiger partial charge on any atom is -0.291 e. The summed E-state index contributed by atoms with van der Waals surface area (Å²) < 4.78 is 34.3. The van der Waals surface area contributed by atoms with Gasteiger partial charge < -0.3 is 0 Å². The first kappa shape index (κ1) is 15.8. The van der Waals surface area contributed by atoms with Crippen molar-refractivity contribution in [3.63, 3.8) is 0 Å². The first-order valence-electron chi connectivity index (χ1n) is 5.70. The van der Waals surface area contributed by atoms with Gasteiger partial charge in [0, 0.05) is 35.6 Å². The van der Waals surface area contributed by atoms with Crippen molar-refractivity contribution in [1.29, 1.82) is 0 Å². The van der Waals surface area contributed by atoms with Crippen LogP contribution >= 0.6 is 15.9 Å². The van der Waals surface area contributed by atoms with Gasteiger partial charge in [-0.3, -0.25) is 19.8 Å². The quantitative estimate of drug-likeness (QED) is 0.442. The molecule has 8 nitrogen and oxygen atoms in total. The fourth-order valence-electron chi connectivity index (χ4n) is 2.14. The molecule has 11 heteroatoms. The molecule has 1 aromatic heterocycles. The maximum atomic E-state index is 12.7. The van der Waals surface area contributed by atoms with Crippen molar-refractivity contribution in [1.82, 2.24) is 4.98 Å². The van der Waals surface area contributed by atoms with Crippen LogP contribution in [-0.4, -0.2) is 36.5 Å². The van der Waals surface area contributed by atoms with E-state index in [4.69, 9.17) is 0 Å².